The van der Waals surface area contributed by atoms with Crippen LogP contribution < -0.4 is 5.32 Å². The second kappa shape index (κ2) is 7.26. The average Bonchev–Trinajstić information content (AvgIpc) is 2.51. The Morgan fingerprint density at radius 3 is 2.43 bits per heavy atom. The van der Waals surface area contributed by atoms with Gasteiger partial charge < -0.3 is 15.5 Å². The summed E-state index contributed by atoms with van der Waals surface area (Å²) in [6.45, 7) is -0.164. The van der Waals surface area contributed by atoms with E-state index >= 15 is 0 Å². The number of halogens is 2. The Hall–Kier alpha value is -1.82. The average molecular weight is 293 g/mol. The predicted octanol–water partition coefficient (Wildman–Crippen LogP) is 2.32. The van der Waals surface area contributed by atoms with Crippen molar-refractivity contribution in [3.05, 3.63) is 71.3 Å². The van der Waals surface area contributed by atoms with E-state index in [4.69, 9.17) is 0 Å². The molecule has 0 radical (unpaired) electrons. The molecule has 0 aliphatic rings. The zero-order chi connectivity index (χ0) is 15.2. The van der Waals surface area contributed by atoms with Gasteiger partial charge in [-0.05, 0) is 23.8 Å². The third kappa shape index (κ3) is 4.07. The highest BCUT2D eigenvalue weighted by Crippen LogP contribution is 2.19. The van der Waals surface area contributed by atoms with Crippen molar-refractivity contribution in [3.63, 3.8) is 0 Å². The van der Waals surface area contributed by atoms with Crippen LogP contribution in [0.25, 0.3) is 0 Å². The van der Waals surface area contributed by atoms with Crippen LogP contribution in [0, 0.1) is 11.6 Å². The van der Waals surface area contributed by atoms with Gasteiger partial charge >= 0.3 is 0 Å². The summed E-state index contributed by atoms with van der Waals surface area (Å²) in [7, 11) is 0. The minimum atomic E-state index is -1.20. The lowest BCUT2D eigenvalue weighted by Gasteiger charge is -2.19. The molecule has 2 rings (SSSR count). The molecule has 0 bridgehead atoms. The van der Waals surface area contributed by atoms with Crippen molar-refractivity contribution in [2.75, 3.05) is 13.2 Å². The largest absolute Gasteiger partial charge is 0.394 e. The molecule has 0 aromatic heterocycles. The topological polar surface area (TPSA) is 52.5 Å². The van der Waals surface area contributed by atoms with Crippen LogP contribution in [0.3, 0.4) is 0 Å². The molecule has 112 valence electrons. The Labute approximate surface area is 121 Å². The molecule has 21 heavy (non-hydrogen) atoms. The molecule has 0 heterocycles. The molecule has 0 saturated heterocycles. The molecule has 3 nitrogen and oxygen atoms in total. The van der Waals surface area contributed by atoms with E-state index in [1.165, 1.54) is 0 Å². The first-order chi connectivity index (χ1) is 10.1. The summed E-state index contributed by atoms with van der Waals surface area (Å²) in [5, 5.41) is 22.3. The highest BCUT2D eigenvalue weighted by Gasteiger charge is 2.16. The summed E-state index contributed by atoms with van der Waals surface area (Å²) in [5.74, 6) is -1.27. The van der Waals surface area contributed by atoms with Gasteiger partial charge in [0.05, 0.1) is 18.8 Å². The van der Waals surface area contributed by atoms with E-state index in [0.717, 1.165) is 23.8 Å². The molecular weight excluding hydrogens is 276 g/mol. The second-order valence-electron chi connectivity index (χ2n) is 4.74. The van der Waals surface area contributed by atoms with Crippen molar-refractivity contribution in [2.24, 2.45) is 0 Å². The molecule has 2 atom stereocenters. The summed E-state index contributed by atoms with van der Waals surface area (Å²) in [6.07, 6.45) is -1.20. The molecule has 3 N–H and O–H groups in total. The summed E-state index contributed by atoms with van der Waals surface area (Å²) in [6, 6.07) is 11.8. The Bertz CT molecular complexity index is 578. The fourth-order valence-corrected chi connectivity index (χ4v) is 2.11. The van der Waals surface area contributed by atoms with E-state index in [9.17, 15) is 19.0 Å². The first kappa shape index (κ1) is 15.6. The normalized spacial score (nSPS) is 13.9. The Kier molecular flexibility index (Phi) is 5.38. The van der Waals surface area contributed by atoms with E-state index in [1.54, 1.807) is 0 Å². The van der Waals surface area contributed by atoms with Crippen LogP contribution in [0.4, 0.5) is 8.78 Å². The third-order valence-electron chi connectivity index (χ3n) is 3.26. The van der Waals surface area contributed by atoms with Crippen molar-refractivity contribution in [1.29, 1.82) is 0 Å². The summed E-state index contributed by atoms with van der Waals surface area (Å²) in [5.41, 5.74) is 0.749. The standard InChI is InChI=1S/C16H17F2NO2/c17-12-6-7-14(18)13(8-12)16(21)9-19-15(10-20)11-4-2-1-3-5-11/h1-8,15-16,19-21H,9-10H2. The minimum Gasteiger partial charge on any atom is -0.394 e. The van der Waals surface area contributed by atoms with Gasteiger partial charge in [-0.1, -0.05) is 30.3 Å². The van der Waals surface area contributed by atoms with Gasteiger partial charge in [0.25, 0.3) is 0 Å². The number of aliphatic hydroxyl groups is 2. The number of benzene rings is 2. The molecule has 0 aliphatic carbocycles. The lowest BCUT2D eigenvalue weighted by Crippen LogP contribution is -2.29. The minimum absolute atomic E-state index is 0.000490. The van der Waals surface area contributed by atoms with Gasteiger partial charge in [0, 0.05) is 12.1 Å². The van der Waals surface area contributed by atoms with E-state index in [1.807, 2.05) is 30.3 Å². The molecule has 0 amide bonds. The molecule has 0 saturated carbocycles. The number of hydrogen-bond donors (Lipinski definition) is 3. The quantitative estimate of drug-likeness (QED) is 0.766. The van der Waals surface area contributed by atoms with Gasteiger partial charge in [-0.2, -0.15) is 0 Å². The Balaban J connectivity index is 2.02. The number of aliphatic hydroxyl groups excluding tert-OH is 2. The van der Waals surface area contributed by atoms with Crippen LogP contribution in [0.5, 0.6) is 0 Å². The highest BCUT2D eigenvalue weighted by atomic mass is 19.1. The second-order valence-corrected chi connectivity index (χ2v) is 4.74. The zero-order valence-corrected chi connectivity index (χ0v) is 11.3. The van der Waals surface area contributed by atoms with Gasteiger partial charge in [0.2, 0.25) is 0 Å². The van der Waals surface area contributed by atoms with E-state index in [2.05, 4.69) is 5.32 Å². The third-order valence-corrected chi connectivity index (χ3v) is 3.26. The van der Waals surface area contributed by atoms with Crippen molar-refractivity contribution in [2.45, 2.75) is 12.1 Å². The first-order valence-electron chi connectivity index (χ1n) is 6.64. The van der Waals surface area contributed by atoms with Crippen LogP contribution in [-0.4, -0.2) is 23.4 Å². The van der Waals surface area contributed by atoms with E-state index < -0.39 is 17.7 Å². The maximum absolute atomic E-state index is 13.5. The fraction of sp³-hybridized carbons (Fsp3) is 0.250. The van der Waals surface area contributed by atoms with Crippen LogP contribution >= 0.6 is 0 Å². The molecule has 2 unspecified atom stereocenters. The summed E-state index contributed by atoms with van der Waals surface area (Å²) < 4.78 is 26.6. The monoisotopic (exact) mass is 293 g/mol. The van der Waals surface area contributed by atoms with Crippen LogP contribution in [-0.2, 0) is 0 Å². The highest BCUT2D eigenvalue weighted by molar-refractivity contribution is 5.22. The van der Waals surface area contributed by atoms with Gasteiger partial charge in [-0.15, -0.1) is 0 Å². The Morgan fingerprint density at radius 2 is 1.76 bits per heavy atom. The van der Waals surface area contributed by atoms with Gasteiger partial charge in [-0.25, -0.2) is 8.78 Å². The van der Waals surface area contributed by atoms with Crippen LogP contribution in [0.15, 0.2) is 48.5 Å². The van der Waals surface area contributed by atoms with Crippen molar-refractivity contribution in [3.8, 4) is 0 Å². The van der Waals surface area contributed by atoms with Crippen LogP contribution in [0.2, 0.25) is 0 Å². The van der Waals surface area contributed by atoms with E-state index in [0.29, 0.717) is 0 Å². The van der Waals surface area contributed by atoms with E-state index in [-0.39, 0.29) is 24.8 Å². The molecule has 5 heteroatoms. The van der Waals surface area contributed by atoms with Crippen molar-refractivity contribution < 1.29 is 19.0 Å². The van der Waals surface area contributed by atoms with Gasteiger partial charge in [-0.3, -0.25) is 0 Å². The lowest BCUT2D eigenvalue weighted by atomic mass is 10.1. The van der Waals surface area contributed by atoms with Crippen LogP contribution in [0.1, 0.15) is 23.3 Å². The molecular formula is C16H17F2NO2. The number of rotatable bonds is 6. The molecule has 2 aromatic carbocycles. The van der Waals surface area contributed by atoms with Crippen molar-refractivity contribution in [1.82, 2.24) is 5.32 Å². The zero-order valence-electron chi connectivity index (χ0n) is 11.3. The maximum atomic E-state index is 13.5. The lowest BCUT2D eigenvalue weighted by molar-refractivity contribution is 0.155. The number of hydrogen-bond acceptors (Lipinski definition) is 3. The van der Waals surface area contributed by atoms with Gasteiger partial charge in [0.1, 0.15) is 11.6 Å². The summed E-state index contributed by atoms with van der Waals surface area (Å²) >= 11 is 0. The predicted molar refractivity (Wildman–Crippen MR) is 75.6 cm³/mol. The molecule has 0 spiro atoms. The fourth-order valence-electron chi connectivity index (χ4n) is 2.11. The summed E-state index contributed by atoms with van der Waals surface area (Å²) in [4.78, 5) is 0. The number of nitrogens with one attached hydrogen (secondary N) is 1. The Morgan fingerprint density at radius 1 is 1.05 bits per heavy atom. The SMILES string of the molecule is OCC(NCC(O)c1cc(F)ccc1F)c1ccccc1. The molecule has 0 aliphatic heterocycles. The van der Waals surface area contributed by atoms with Gasteiger partial charge in [0.15, 0.2) is 0 Å². The molecule has 2 aromatic rings. The van der Waals surface area contributed by atoms with Crippen molar-refractivity contribution >= 4 is 0 Å². The first-order valence-corrected chi connectivity index (χ1v) is 6.64. The smallest absolute Gasteiger partial charge is 0.129 e. The molecule has 0 fully saturated rings. The maximum Gasteiger partial charge on any atom is 0.129 e.